The molecular weight excluding hydrogens is 196 g/mol. The molecule has 1 aliphatic heterocycles. The molecule has 0 saturated carbocycles. The van der Waals surface area contributed by atoms with Crippen LogP contribution < -0.4 is 0 Å². The minimum atomic E-state index is -0.851. The van der Waals surface area contributed by atoms with Crippen molar-refractivity contribution < 1.29 is 8.95 Å². The van der Waals surface area contributed by atoms with Gasteiger partial charge in [-0.3, -0.25) is 4.21 Å². The average molecular weight is 212 g/mol. The van der Waals surface area contributed by atoms with Crippen LogP contribution in [0.3, 0.4) is 0 Å². The van der Waals surface area contributed by atoms with Gasteiger partial charge in [0.25, 0.3) is 0 Å². The smallest absolute Gasteiger partial charge is 0.135 e. The highest BCUT2D eigenvalue weighted by atomic mass is 32.2. The van der Waals surface area contributed by atoms with E-state index in [1.807, 2.05) is 38.2 Å². The molecule has 2 rings (SSSR count). The van der Waals surface area contributed by atoms with Gasteiger partial charge < -0.3 is 4.74 Å². The molecule has 0 fully saturated rings. The van der Waals surface area contributed by atoms with E-state index in [1.54, 1.807) is 0 Å². The number of ether oxygens (including phenoxy) is 1. The van der Waals surface area contributed by atoms with Gasteiger partial charge in [0.2, 0.25) is 0 Å². The lowest BCUT2D eigenvalue weighted by atomic mass is 10.4. The Kier molecular flexibility index (Phi) is 4.66. The van der Waals surface area contributed by atoms with Gasteiger partial charge in [-0.25, -0.2) is 0 Å². The van der Waals surface area contributed by atoms with Gasteiger partial charge >= 0.3 is 0 Å². The Morgan fingerprint density at radius 3 is 2.79 bits per heavy atom. The molecule has 2 aliphatic rings. The van der Waals surface area contributed by atoms with E-state index in [1.165, 1.54) is 0 Å². The van der Waals surface area contributed by atoms with Crippen LogP contribution in [0.1, 0.15) is 20.3 Å². The first-order valence-electron chi connectivity index (χ1n) is 4.96. The molecule has 1 heterocycles. The molecule has 14 heavy (non-hydrogen) atoms. The number of hydrogen-bond acceptors (Lipinski definition) is 2. The summed E-state index contributed by atoms with van der Waals surface area (Å²) in [6.07, 6.45) is 8.73. The second kappa shape index (κ2) is 5.81. The monoisotopic (exact) mass is 212 g/mol. The zero-order chi connectivity index (χ0) is 10.4. The molecule has 0 bridgehead atoms. The summed E-state index contributed by atoms with van der Waals surface area (Å²) in [5.74, 6) is 1.41. The van der Waals surface area contributed by atoms with Crippen LogP contribution in [0.4, 0.5) is 0 Å². The van der Waals surface area contributed by atoms with Gasteiger partial charge in [0.1, 0.15) is 12.4 Å². The lowest BCUT2D eigenvalue weighted by Gasteiger charge is -2.15. The van der Waals surface area contributed by atoms with Gasteiger partial charge in [-0.2, -0.15) is 0 Å². The van der Waals surface area contributed by atoms with Crippen molar-refractivity contribution in [2.24, 2.45) is 0 Å². The molecular formula is C11H16O2S. The second-order valence-electron chi connectivity index (χ2n) is 2.67. The van der Waals surface area contributed by atoms with E-state index < -0.39 is 10.8 Å². The van der Waals surface area contributed by atoms with Gasteiger partial charge in [-0.1, -0.05) is 26.0 Å². The lowest BCUT2D eigenvalue weighted by Crippen LogP contribution is -2.14. The molecule has 0 amide bonds. The molecule has 1 atom stereocenters. The zero-order valence-corrected chi connectivity index (χ0v) is 9.47. The lowest BCUT2D eigenvalue weighted by molar-refractivity contribution is 0.240. The summed E-state index contributed by atoms with van der Waals surface area (Å²) >= 11 is 0. The fourth-order valence-electron chi connectivity index (χ4n) is 1.24. The van der Waals surface area contributed by atoms with E-state index in [0.717, 1.165) is 17.1 Å². The van der Waals surface area contributed by atoms with Crippen molar-refractivity contribution in [1.29, 1.82) is 0 Å². The predicted octanol–water partition coefficient (Wildman–Crippen LogP) is 2.52. The van der Waals surface area contributed by atoms with Gasteiger partial charge in [-0.15, -0.1) is 0 Å². The van der Waals surface area contributed by atoms with Crippen molar-refractivity contribution in [3.8, 4) is 0 Å². The molecule has 0 aromatic rings. The van der Waals surface area contributed by atoms with Crippen LogP contribution in [0.25, 0.3) is 0 Å². The fourth-order valence-corrected chi connectivity index (χ4v) is 2.29. The highest BCUT2D eigenvalue weighted by molar-refractivity contribution is 7.89. The quantitative estimate of drug-likeness (QED) is 0.616. The maximum absolute atomic E-state index is 11.5. The first-order valence-corrected chi connectivity index (χ1v) is 6.28. The van der Waals surface area contributed by atoms with E-state index in [2.05, 4.69) is 0 Å². The molecule has 0 radical (unpaired) electrons. The first kappa shape index (κ1) is 11.2. The third-order valence-electron chi connectivity index (χ3n) is 1.83. The van der Waals surface area contributed by atoms with Crippen LogP contribution in [0.15, 0.2) is 35.0 Å². The predicted molar refractivity (Wildman–Crippen MR) is 60.2 cm³/mol. The van der Waals surface area contributed by atoms with Crippen LogP contribution in [-0.2, 0) is 15.5 Å². The molecule has 78 valence electrons. The molecule has 3 heteroatoms. The molecule has 0 aromatic carbocycles. The molecule has 1 unspecified atom stereocenters. The normalized spacial score (nSPS) is 24.3. The fraction of sp³-hybridized carbons (Fsp3) is 0.455. The van der Waals surface area contributed by atoms with Crippen LogP contribution in [0.2, 0.25) is 0 Å². The highest BCUT2D eigenvalue weighted by Crippen LogP contribution is 2.21. The largest absolute Gasteiger partial charge is 0.491 e. The van der Waals surface area contributed by atoms with Crippen LogP contribution in [0.5, 0.6) is 0 Å². The molecule has 0 N–H and O–H groups in total. The Morgan fingerprint density at radius 1 is 1.29 bits per heavy atom. The third-order valence-corrected chi connectivity index (χ3v) is 3.19. The molecule has 0 aromatic heterocycles. The van der Waals surface area contributed by atoms with Gasteiger partial charge in [0, 0.05) is 0 Å². The second-order valence-corrected chi connectivity index (χ2v) is 4.21. The Morgan fingerprint density at radius 2 is 2.00 bits per heavy atom. The zero-order valence-electron chi connectivity index (χ0n) is 8.66. The Hall–Kier alpha value is -0.830. The Bertz CT molecular complexity index is 300. The molecule has 0 spiro atoms. The van der Waals surface area contributed by atoms with E-state index in [4.69, 9.17) is 4.74 Å². The van der Waals surface area contributed by atoms with Crippen molar-refractivity contribution in [1.82, 2.24) is 0 Å². The van der Waals surface area contributed by atoms with E-state index in [9.17, 15) is 4.21 Å². The summed E-state index contributed by atoms with van der Waals surface area (Å²) in [6, 6.07) is 0. The molecule has 1 aliphatic carbocycles. The SMILES string of the molecule is CC.O=S1CCOC2=C1C=CCC=C2. The topological polar surface area (TPSA) is 26.3 Å². The Balaban J connectivity index is 0.000000461. The van der Waals surface area contributed by atoms with Crippen molar-refractivity contribution in [3.05, 3.63) is 35.0 Å². The van der Waals surface area contributed by atoms with E-state index in [0.29, 0.717) is 12.4 Å². The number of allylic oxidation sites excluding steroid dienone is 4. The summed E-state index contributed by atoms with van der Waals surface area (Å²) in [5.41, 5.74) is 0. The number of hydrogen-bond donors (Lipinski definition) is 0. The standard InChI is InChI=1S/C9H10O2S.C2H6/c10-12-7-6-11-8-4-2-1-3-5-9(8)12;1-2/h2-5H,1,6-7H2;1-2H3. The summed E-state index contributed by atoms with van der Waals surface area (Å²) in [5, 5.41) is 0. The molecule has 2 nitrogen and oxygen atoms in total. The van der Waals surface area contributed by atoms with Crippen LogP contribution in [-0.4, -0.2) is 16.6 Å². The third kappa shape index (κ3) is 2.58. The highest BCUT2D eigenvalue weighted by Gasteiger charge is 2.17. The maximum atomic E-state index is 11.5. The van der Waals surface area contributed by atoms with Crippen molar-refractivity contribution in [2.45, 2.75) is 20.3 Å². The minimum absolute atomic E-state index is 0.573. The number of rotatable bonds is 0. The average Bonchev–Trinajstić information content (AvgIpc) is 2.47. The Labute approximate surface area is 87.8 Å². The van der Waals surface area contributed by atoms with Crippen LogP contribution >= 0.6 is 0 Å². The van der Waals surface area contributed by atoms with Crippen molar-refractivity contribution >= 4 is 10.8 Å². The summed E-state index contributed by atoms with van der Waals surface area (Å²) < 4.78 is 16.9. The van der Waals surface area contributed by atoms with Gasteiger partial charge in [-0.05, 0) is 18.6 Å². The van der Waals surface area contributed by atoms with E-state index >= 15 is 0 Å². The first-order chi connectivity index (χ1) is 6.88. The summed E-state index contributed by atoms with van der Waals surface area (Å²) in [7, 11) is -0.851. The molecule has 0 saturated heterocycles. The summed E-state index contributed by atoms with van der Waals surface area (Å²) in [4.78, 5) is 0.843. The summed E-state index contributed by atoms with van der Waals surface area (Å²) in [6.45, 7) is 4.57. The van der Waals surface area contributed by atoms with Crippen molar-refractivity contribution in [2.75, 3.05) is 12.4 Å². The van der Waals surface area contributed by atoms with E-state index in [-0.39, 0.29) is 0 Å². The van der Waals surface area contributed by atoms with Crippen molar-refractivity contribution in [3.63, 3.8) is 0 Å². The van der Waals surface area contributed by atoms with Crippen LogP contribution in [0, 0.1) is 0 Å². The van der Waals surface area contributed by atoms with Gasteiger partial charge in [0.15, 0.2) is 0 Å². The minimum Gasteiger partial charge on any atom is -0.491 e. The maximum Gasteiger partial charge on any atom is 0.135 e. The van der Waals surface area contributed by atoms with Gasteiger partial charge in [0.05, 0.1) is 21.5 Å².